The highest BCUT2D eigenvalue weighted by molar-refractivity contribution is 5.80. The lowest BCUT2D eigenvalue weighted by atomic mass is 10.0. The second-order valence-corrected chi connectivity index (χ2v) is 5.13. The minimum atomic E-state index is -0.550. The fraction of sp³-hybridized carbons (Fsp3) is 0.562. The molecule has 4 nitrogen and oxygen atoms in total. The van der Waals surface area contributed by atoms with Crippen LogP contribution in [0.15, 0.2) is 24.3 Å². The number of amides is 1. The van der Waals surface area contributed by atoms with Gasteiger partial charge in [0.2, 0.25) is 0 Å². The second-order valence-electron chi connectivity index (χ2n) is 5.13. The molecule has 1 atom stereocenters. The van der Waals surface area contributed by atoms with Gasteiger partial charge in [0.1, 0.15) is 5.75 Å². The molecule has 0 aliphatic heterocycles. The van der Waals surface area contributed by atoms with Crippen LogP contribution < -0.4 is 4.74 Å². The van der Waals surface area contributed by atoms with E-state index in [9.17, 15) is 4.79 Å². The Morgan fingerprint density at radius 1 is 1.25 bits per heavy atom. The van der Waals surface area contributed by atoms with Gasteiger partial charge in [0, 0.05) is 13.1 Å². The van der Waals surface area contributed by atoms with E-state index in [2.05, 4.69) is 13.8 Å². The zero-order chi connectivity index (χ0) is 15.1. The molecule has 0 fully saturated rings. The molecule has 0 saturated carbocycles. The quantitative estimate of drug-likeness (QED) is 0.834. The molecule has 1 amide bonds. The van der Waals surface area contributed by atoms with Gasteiger partial charge < -0.3 is 14.7 Å². The molecule has 1 unspecified atom stereocenters. The van der Waals surface area contributed by atoms with Gasteiger partial charge in [-0.15, -0.1) is 0 Å². The minimum Gasteiger partial charge on any atom is -0.481 e. The van der Waals surface area contributed by atoms with Crippen LogP contribution >= 0.6 is 0 Å². The van der Waals surface area contributed by atoms with Gasteiger partial charge in [0.25, 0.3) is 5.91 Å². The number of rotatable bonds is 7. The molecule has 0 heterocycles. The first kappa shape index (κ1) is 16.5. The summed E-state index contributed by atoms with van der Waals surface area (Å²) in [6, 6.07) is 7.81. The van der Waals surface area contributed by atoms with E-state index in [4.69, 9.17) is 9.84 Å². The first-order valence-electron chi connectivity index (χ1n) is 7.15. The normalized spacial score (nSPS) is 12.3. The molecule has 0 aliphatic rings. The van der Waals surface area contributed by atoms with Crippen molar-refractivity contribution in [2.45, 2.75) is 39.7 Å². The Morgan fingerprint density at radius 3 is 2.30 bits per heavy atom. The Kier molecular flexibility index (Phi) is 6.52. The van der Waals surface area contributed by atoms with Crippen LogP contribution in [0.3, 0.4) is 0 Å². The fourth-order valence-electron chi connectivity index (χ4n) is 1.99. The minimum absolute atomic E-state index is 0.0324. The Hall–Kier alpha value is -1.55. The molecule has 0 radical (unpaired) electrons. The number of hydrogen-bond donors (Lipinski definition) is 1. The van der Waals surface area contributed by atoms with Gasteiger partial charge in [-0.25, -0.2) is 0 Å². The number of carbonyl (C=O) groups excluding carboxylic acids is 1. The van der Waals surface area contributed by atoms with E-state index in [1.807, 2.05) is 31.2 Å². The third-order valence-corrected chi connectivity index (χ3v) is 3.27. The average molecular weight is 279 g/mol. The highest BCUT2D eigenvalue weighted by Crippen LogP contribution is 2.19. The third kappa shape index (κ3) is 4.53. The second kappa shape index (κ2) is 7.90. The highest BCUT2D eigenvalue weighted by atomic mass is 16.5. The first-order chi connectivity index (χ1) is 9.49. The molecular weight excluding hydrogens is 254 g/mol. The molecule has 4 heteroatoms. The Labute approximate surface area is 121 Å². The maximum atomic E-state index is 12.1. The lowest BCUT2D eigenvalue weighted by molar-refractivity contribution is -0.138. The Bertz CT molecular complexity index is 414. The molecule has 0 aromatic heterocycles. The third-order valence-electron chi connectivity index (χ3n) is 3.27. The zero-order valence-electron chi connectivity index (χ0n) is 12.8. The summed E-state index contributed by atoms with van der Waals surface area (Å²) in [7, 11) is 0. The van der Waals surface area contributed by atoms with E-state index in [-0.39, 0.29) is 12.5 Å². The number of carbonyl (C=O) groups is 1. The van der Waals surface area contributed by atoms with Crippen LogP contribution in [0.5, 0.6) is 5.75 Å². The van der Waals surface area contributed by atoms with E-state index in [0.717, 1.165) is 0 Å². The number of hydrogen-bond acceptors (Lipinski definition) is 3. The predicted molar refractivity (Wildman–Crippen MR) is 80.0 cm³/mol. The van der Waals surface area contributed by atoms with Crippen LogP contribution in [0.4, 0.5) is 0 Å². The number of aliphatic hydroxyl groups excluding tert-OH is 1. The lowest BCUT2D eigenvalue weighted by Gasteiger charge is -2.24. The van der Waals surface area contributed by atoms with Crippen molar-refractivity contribution in [2.75, 3.05) is 19.7 Å². The monoisotopic (exact) mass is 279 g/mol. The van der Waals surface area contributed by atoms with Crippen molar-refractivity contribution in [3.05, 3.63) is 29.8 Å². The van der Waals surface area contributed by atoms with Crippen molar-refractivity contribution in [3.63, 3.8) is 0 Å². The zero-order valence-corrected chi connectivity index (χ0v) is 12.8. The van der Waals surface area contributed by atoms with E-state index < -0.39 is 6.10 Å². The summed E-state index contributed by atoms with van der Waals surface area (Å²) in [5, 5.41) is 8.94. The summed E-state index contributed by atoms with van der Waals surface area (Å²) in [5.74, 6) is 1.06. The Morgan fingerprint density at radius 2 is 1.85 bits per heavy atom. The maximum absolute atomic E-state index is 12.1. The predicted octanol–water partition coefficient (Wildman–Crippen LogP) is 2.42. The number of nitrogens with zero attached hydrogens (tertiary/aromatic N) is 1. The highest BCUT2D eigenvalue weighted by Gasteiger charge is 2.20. The maximum Gasteiger partial charge on any atom is 0.263 e. The van der Waals surface area contributed by atoms with E-state index in [0.29, 0.717) is 24.8 Å². The number of benzene rings is 1. The van der Waals surface area contributed by atoms with Gasteiger partial charge in [-0.1, -0.05) is 26.0 Å². The molecule has 1 N–H and O–H groups in total. The van der Waals surface area contributed by atoms with Crippen molar-refractivity contribution >= 4 is 5.91 Å². The molecule has 0 spiro atoms. The molecule has 0 bridgehead atoms. The molecule has 0 saturated heterocycles. The van der Waals surface area contributed by atoms with Crippen LogP contribution in [0, 0.1) is 0 Å². The van der Waals surface area contributed by atoms with Crippen LogP contribution in [0.2, 0.25) is 0 Å². The number of ether oxygens (including phenoxy) is 1. The summed E-state index contributed by atoms with van der Waals surface area (Å²) < 4.78 is 5.67. The smallest absolute Gasteiger partial charge is 0.263 e. The van der Waals surface area contributed by atoms with Crippen LogP contribution in [-0.2, 0) is 4.79 Å². The van der Waals surface area contributed by atoms with Gasteiger partial charge in [-0.05, 0) is 37.5 Å². The summed E-state index contributed by atoms with van der Waals surface area (Å²) in [6.45, 7) is 8.77. The molecule has 1 rings (SSSR count). The molecule has 20 heavy (non-hydrogen) atoms. The lowest BCUT2D eigenvalue weighted by Crippen LogP contribution is -2.41. The summed E-state index contributed by atoms with van der Waals surface area (Å²) >= 11 is 0. The van der Waals surface area contributed by atoms with Crippen molar-refractivity contribution in [2.24, 2.45) is 0 Å². The molecule has 112 valence electrons. The van der Waals surface area contributed by atoms with Crippen molar-refractivity contribution < 1.29 is 14.6 Å². The number of likely N-dealkylation sites (N-methyl/N-ethyl adjacent to an activating group) is 1. The molecule has 1 aromatic rings. The first-order valence-corrected chi connectivity index (χ1v) is 7.15. The van der Waals surface area contributed by atoms with Crippen molar-refractivity contribution in [1.29, 1.82) is 0 Å². The van der Waals surface area contributed by atoms with Gasteiger partial charge >= 0.3 is 0 Å². The van der Waals surface area contributed by atoms with E-state index >= 15 is 0 Å². The van der Waals surface area contributed by atoms with Crippen LogP contribution in [0.25, 0.3) is 0 Å². The van der Waals surface area contributed by atoms with Gasteiger partial charge in [0.05, 0.1) is 6.61 Å². The molecule has 0 aliphatic carbocycles. The van der Waals surface area contributed by atoms with Crippen molar-refractivity contribution in [1.82, 2.24) is 4.90 Å². The largest absolute Gasteiger partial charge is 0.481 e. The van der Waals surface area contributed by atoms with Gasteiger partial charge in [-0.3, -0.25) is 4.79 Å². The van der Waals surface area contributed by atoms with Gasteiger partial charge in [0.15, 0.2) is 6.10 Å². The molecule has 1 aromatic carbocycles. The topological polar surface area (TPSA) is 49.8 Å². The van der Waals surface area contributed by atoms with Crippen LogP contribution in [0.1, 0.15) is 39.2 Å². The van der Waals surface area contributed by atoms with Crippen LogP contribution in [-0.4, -0.2) is 41.7 Å². The standard InChI is InChI=1S/C16H25NO3/c1-5-17(10-11-18)16(19)13(4)20-15-8-6-14(7-9-15)12(2)3/h6-9,12-13,18H,5,10-11H2,1-4H3. The average Bonchev–Trinajstić information content (AvgIpc) is 2.44. The summed E-state index contributed by atoms with van der Waals surface area (Å²) in [5.41, 5.74) is 1.24. The Balaban J connectivity index is 2.65. The molecular formula is C16H25NO3. The number of aliphatic hydroxyl groups is 1. The van der Waals surface area contributed by atoms with E-state index in [1.54, 1.807) is 11.8 Å². The summed E-state index contributed by atoms with van der Waals surface area (Å²) in [6.07, 6.45) is -0.550. The fourth-order valence-corrected chi connectivity index (χ4v) is 1.99. The van der Waals surface area contributed by atoms with E-state index in [1.165, 1.54) is 5.56 Å². The SMILES string of the molecule is CCN(CCO)C(=O)C(C)Oc1ccc(C(C)C)cc1. The summed E-state index contributed by atoms with van der Waals surface area (Å²) in [4.78, 5) is 13.7. The van der Waals surface area contributed by atoms with Gasteiger partial charge in [-0.2, -0.15) is 0 Å². The van der Waals surface area contributed by atoms with Crippen molar-refractivity contribution in [3.8, 4) is 5.75 Å².